The highest BCUT2D eigenvalue weighted by atomic mass is 17.5. The summed E-state index contributed by atoms with van der Waals surface area (Å²) in [5.41, 5.74) is 0. The third-order valence-corrected chi connectivity index (χ3v) is 1.76. The first-order chi connectivity index (χ1) is 5.71. The van der Waals surface area contributed by atoms with Gasteiger partial charge in [0.15, 0.2) is 0 Å². The zero-order chi connectivity index (χ0) is 9.03. The highest BCUT2D eigenvalue weighted by Gasteiger charge is 2.39. The molecule has 1 atom stereocenters. The molecule has 5 heteroatoms. The van der Waals surface area contributed by atoms with Crippen LogP contribution in [0.1, 0.15) is 13.3 Å². The van der Waals surface area contributed by atoms with Gasteiger partial charge >= 0.3 is 0 Å². The van der Waals surface area contributed by atoms with Crippen LogP contribution in [0.2, 0.25) is 0 Å². The van der Waals surface area contributed by atoms with Crippen LogP contribution in [0.3, 0.4) is 0 Å². The van der Waals surface area contributed by atoms with Crippen molar-refractivity contribution >= 4 is 0 Å². The highest BCUT2D eigenvalue weighted by molar-refractivity contribution is 4.65. The lowest BCUT2D eigenvalue weighted by Crippen LogP contribution is -2.52. The van der Waals surface area contributed by atoms with E-state index < -0.39 is 5.91 Å². The van der Waals surface area contributed by atoms with E-state index in [9.17, 15) is 0 Å². The van der Waals surface area contributed by atoms with Crippen LogP contribution < -0.4 is 0 Å². The van der Waals surface area contributed by atoms with E-state index in [1.165, 1.54) is 0 Å². The molecule has 0 aromatic rings. The standard InChI is InChI=1S/C7H15NO4/c1-4-9-7(8(2)3)5-6-10-12-11-7/h4-6H2,1-3H3. The maximum atomic E-state index is 5.43. The van der Waals surface area contributed by atoms with Crippen molar-refractivity contribution in [3.05, 3.63) is 0 Å². The van der Waals surface area contributed by atoms with Crippen molar-refractivity contribution in [2.45, 2.75) is 19.3 Å². The van der Waals surface area contributed by atoms with Gasteiger partial charge in [0.2, 0.25) is 0 Å². The Bertz CT molecular complexity index is 128. The van der Waals surface area contributed by atoms with E-state index in [-0.39, 0.29) is 0 Å². The molecule has 0 aromatic carbocycles. The average Bonchev–Trinajstić information content (AvgIpc) is 2.06. The Labute approximate surface area is 72.0 Å². The highest BCUT2D eigenvalue weighted by Crippen LogP contribution is 2.24. The van der Waals surface area contributed by atoms with Gasteiger partial charge in [0.25, 0.3) is 5.91 Å². The second-order valence-electron chi connectivity index (χ2n) is 2.76. The van der Waals surface area contributed by atoms with E-state index in [0.29, 0.717) is 19.6 Å². The molecule has 0 aromatic heterocycles. The van der Waals surface area contributed by atoms with Crippen LogP contribution in [-0.2, 0) is 19.6 Å². The summed E-state index contributed by atoms with van der Waals surface area (Å²) < 4.78 is 5.43. The van der Waals surface area contributed by atoms with Crippen LogP contribution in [0.25, 0.3) is 0 Å². The minimum Gasteiger partial charge on any atom is -0.336 e. The first kappa shape index (κ1) is 9.88. The summed E-state index contributed by atoms with van der Waals surface area (Å²) in [6.07, 6.45) is 0.633. The second-order valence-corrected chi connectivity index (χ2v) is 2.76. The predicted octanol–water partition coefficient (Wildman–Crippen LogP) is 0.522. The van der Waals surface area contributed by atoms with Crippen molar-refractivity contribution in [1.82, 2.24) is 4.90 Å². The Morgan fingerprint density at radius 2 is 2.25 bits per heavy atom. The van der Waals surface area contributed by atoms with Crippen LogP contribution in [0.5, 0.6) is 0 Å². The third kappa shape index (κ3) is 1.94. The number of hydrogen-bond donors (Lipinski definition) is 0. The zero-order valence-corrected chi connectivity index (χ0v) is 7.70. The molecule has 1 fully saturated rings. The summed E-state index contributed by atoms with van der Waals surface area (Å²) in [5, 5.41) is 4.43. The van der Waals surface area contributed by atoms with Gasteiger partial charge in [-0.15, -0.1) is 0 Å². The minimum absolute atomic E-state index is 0.470. The Morgan fingerprint density at radius 3 is 2.67 bits per heavy atom. The maximum Gasteiger partial charge on any atom is 0.265 e. The quantitative estimate of drug-likeness (QED) is 0.464. The SMILES string of the molecule is CCOC1(N(C)C)CCOOO1. The van der Waals surface area contributed by atoms with Crippen molar-refractivity contribution in [3.63, 3.8) is 0 Å². The van der Waals surface area contributed by atoms with E-state index in [1.54, 1.807) is 0 Å². The fourth-order valence-corrected chi connectivity index (χ4v) is 1.07. The van der Waals surface area contributed by atoms with E-state index in [1.807, 2.05) is 25.9 Å². The smallest absolute Gasteiger partial charge is 0.265 e. The normalized spacial score (nSPS) is 31.0. The Balaban J connectivity index is 2.56. The van der Waals surface area contributed by atoms with E-state index in [0.717, 1.165) is 0 Å². The van der Waals surface area contributed by atoms with Gasteiger partial charge in [0.1, 0.15) is 0 Å². The van der Waals surface area contributed by atoms with E-state index in [4.69, 9.17) is 9.62 Å². The molecular weight excluding hydrogens is 162 g/mol. The number of rotatable bonds is 3. The van der Waals surface area contributed by atoms with Crippen LogP contribution in [0.15, 0.2) is 0 Å². The largest absolute Gasteiger partial charge is 0.336 e. The molecule has 1 saturated heterocycles. The lowest BCUT2D eigenvalue weighted by Gasteiger charge is -2.38. The minimum atomic E-state index is -0.785. The van der Waals surface area contributed by atoms with Crippen molar-refractivity contribution < 1.29 is 19.6 Å². The summed E-state index contributed by atoms with van der Waals surface area (Å²) in [6.45, 7) is 2.95. The van der Waals surface area contributed by atoms with Gasteiger partial charge in [-0.2, -0.15) is 4.89 Å². The van der Waals surface area contributed by atoms with E-state index >= 15 is 0 Å². The molecule has 0 N–H and O–H groups in total. The van der Waals surface area contributed by atoms with Gasteiger partial charge in [-0.05, 0) is 21.0 Å². The van der Waals surface area contributed by atoms with Gasteiger partial charge in [0.05, 0.1) is 6.61 Å². The Morgan fingerprint density at radius 1 is 1.50 bits per heavy atom. The molecular formula is C7H15NO4. The zero-order valence-electron chi connectivity index (χ0n) is 7.70. The summed E-state index contributed by atoms with van der Waals surface area (Å²) in [7, 11) is 3.73. The maximum absolute atomic E-state index is 5.43. The molecule has 0 aliphatic carbocycles. The van der Waals surface area contributed by atoms with Gasteiger partial charge in [0, 0.05) is 13.0 Å². The van der Waals surface area contributed by atoms with Crippen LogP contribution in [0.4, 0.5) is 0 Å². The molecule has 0 bridgehead atoms. The van der Waals surface area contributed by atoms with Crippen molar-refractivity contribution in [3.8, 4) is 0 Å². The van der Waals surface area contributed by atoms with Crippen LogP contribution in [-0.4, -0.2) is 38.1 Å². The molecule has 0 saturated carbocycles. The van der Waals surface area contributed by atoms with E-state index in [2.05, 4.69) is 9.93 Å². The first-order valence-corrected chi connectivity index (χ1v) is 4.00. The topological polar surface area (TPSA) is 40.2 Å². The molecule has 1 aliphatic heterocycles. The molecule has 1 unspecified atom stereocenters. The summed E-state index contributed by atoms with van der Waals surface area (Å²) in [6, 6.07) is 0. The van der Waals surface area contributed by atoms with Gasteiger partial charge in [-0.25, -0.2) is 4.89 Å². The summed E-state index contributed by atoms with van der Waals surface area (Å²) >= 11 is 0. The predicted molar refractivity (Wildman–Crippen MR) is 40.8 cm³/mol. The third-order valence-electron chi connectivity index (χ3n) is 1.76. The Kier molecular flexibility index (Phi) is 3.42. The first-order valence-electron chi connectivity index (χ1n) is 4.00. The lowest BCUT2D eigenvalue weighted by molar-refractivity contribution is -0.617. The van der Waals surface area contributed by atoms with Gasteiger partial charge in [-0.1, -0.05) is 5.04 Å². The molecule has 1 aliphatic rings. The molecule has 1 rings (SSSR count). The molecule has 72 valence electrons. The van der Waals surface area contributed by atoms with Crippen molar-refractivity contribution in [2.75, 3.05) is 27.3 Å². The van der Waals surface area contributed by atoms with Crippen LogP contribution >= 0.6 is 0 Å². The average molecular weight is 177 g/mol. The fourth-order valence-electron chi connectivity index (χ4n) is 1.07. The Hall–Kier alpha value is -0.200. The molecule has 1 heterocycles. The summed E-state index contributed by atoms with van der Waals surface area (Å²) in [5.74, 6) is -0.785. The summed E-state index contributed by atoms with van der Waals surface area (Å²) in [4.78, 5) is 11.4. The molecule has 12 heavy (non-hydrogen) atoms. The van der Waals surface area contributed by atoms with Crippen LogP contribution in [0, 0.1) is 0 Å². The second kappa shape index (κ2) is 4.15. The monoisotopic (exact) mass is 177 g/mol. The number of hydrogen-bond acceptors (Lipinski definition) is 5. The number of ether oxygens (including phenoxy) is 1. The molecule has 0 spiro atoms. The van der Waals surface area contributed by atoms with Gasteiger partial charge < -0.3 is 4.74 Å². The lowest BCUT2D eigenvalue weighted by atomic mass is 10.3. The molecule has 5 nitrogen and oxygen atoms in total. The van der Waals surface area contributed by atoms with Crippen molar-refractivity contribution in [1.29, 1.82) is 0 Å². The molecule has 0 radical (unpaired) electrons. The van der Waals surface area contributed by atoms with Gasteiger partial charge in [-0.3, -0.25) is 4.90 Å². The van der Waals surface area contributed by atoms with Crippen molar-refractivity contribution in [2.24, 2.45) is 0 Å². The molecule has 0 amide bonds. The fraction of sp³-hybridized carbons (Fsp3) is 1.00. The number of nitrogens with zero attached hydrogens (tertiary/aromatic N) is 1.